The van der Waals surface area contributed by atoms with E-state index in [0.717, 1.165) is 25.9 Å². The number of nitrogens with zero attached hydrogens (tertiary/aromatic N) is 1. The number of amides is 2. The summed E-state index contributed by atoms with van der Waals surface area (Å²) >= 11 is 0. The normalized spacial score (nSPS) is 20.8. The fourth-order valence-corrected chi connectivity index (χ4v) is 1.93. The molecule has 1 atom stereocenters. The SMILES string of the molecule is CC(CC(=O)O)NC(=O)N1CCC(C)(C)CC1. The van der Waals surface area contributed by atoms with Crippen LogP contribution in [0.25, 0.3) is 0 Å². The van der Waals surface area contributed by atoms with Crippen molar-refractivity contribution in [2.75, 3.05) is 13.1 Å². The first-order valence-electron chi connectivity index (χ1n) is 6.07. The number of urea groups is 1. The lowest BCUT2D eigenvalue weighted by atomic mass is 9.83. The zero-order chi connectivity index (χ0) is 13.1. The van der Waals surface area contributed by atoms with Crippen molar-refractivity contribution in [2.24, 2.45) is 5.41 Å². The van der Waals surface area contributed by atoms with Crippen molar-refractivity contribution in [1.29, 1.82) is 0 Å². The summed E-state index contributed by atoms with van der Waals surface area (Å²) in [5.41, 5.74) is 0.309. The quantitative estimate of drug-likeness (QED) is 0.791. The number of rotatable bonds is 3. The van der Waals surface area contributed by atoms with Crippen LogP contribution in [0.2, 0.25) is 0 Å². The number of piperidine rings is 1. The van der Waals surface area contributed by atoms with Crippen LogP contribution in [0.5, 0.6) is 0 Å². The number of likely N-dealkylation sites (tertiary alicyclic amines) is 1. The molecule has 0 radical (unpaired) electrons. The van der Waals surface area contributed by atoms with E-state index in [4.69, 9.17) is 5.11 Å². The van der Waals surface area contributed by atoms with E-state index in [1.54, 1.807) is 11.8 Å². The number of carbonyl (C=O) groups excluding carboxylic acids is 1. The maximum atomic E-state index is 11.8. The molecule has 1 rings (SSSR count). The zero-order valence-electron chi connectivity index (χ0n) is 10.8. The van der Waals surface area contributed by atoms with Gasteiger partial charge in [-0.1, -0.05) is 13.8 Å². The molecule has 2 amide bonds. The van der Waals surface area contributed by atoms with Gasteiger partial charge in [0.2, 0.25) is 0 Å². The Morgan fingerprint density at radius 2 is 1.88 bits per heavy atom. The third-order valence-corrected chi connectivity index (χ3v) is 3.25. The minimum absolute atomic E-state index is 0.0366. The summed E-state index contributed by atoms with van der Waals surface area (Å²) in [6.45, 7) is 7.61. The lowest BCUT2D eigenvalue weighted by Gasteiger charge is -2.37. The van der Waals surface area contributed by atoms with Crippen LogP contribution in [0.3, 0.4) is 0 Å². The molecule has 0 aromatic carbocycles. The van der Waals surface area contributed by atoms with Gasteiger partial charge in [0.1, 0.15) is 0 Å². The highest BCUT2D eigenvalue weighted by Gasteiger charge is 2.28. The summed E-state index contributed by atoms with van der Waals surface area (Å²) in [7, 11) is 0. The topological polar surface area (TPSA) is 69.6 Å². The highest BCUT2D eigenvalue weighted by Crippen LogP contribution is 2.29. The zero-order valence-corrected chi connectivity index (χ0v) is 10.8. The Hall–Kier alpha value is -1.26. The van der Waals surface area contributed by atoms with Crippen LogP contribution in [0.15, 0.2) is 0 Å². The van der Waals surface area contributed by atoms with Crippen LogP contribution >= 0.6 is 0 Å². The maximum Gasteiger partial charge on any atom is 0.317 e. The first-order chi connectivity index (χ1) is 7.80. The Balaban J connectivity index is 2.36. The van der Waals surface area contributed by atoms with Crippen molar-refractivity contribution in [2.45, 2.75) is 46.1 Å². The van der Waals surface area contributed by atoms with Gasteiger partial charge in [0.15, 0.2) is 0 Å². The minimum atomic E-state index is -0.891. The highest BCUT2D eigenvalue weighted by molar-refractivity contribution is 5.76. The van der Waals surface area contributed by atoms with Gasteiger partial charge in [-0.2, -0.15) is 0 Å². The van der Waals surface area contributed by atoms with Gasteiger partial charge >= 0.3 is 12.0 Å². The van der Waals surface area contributed by atoms with Gasteiger partial charge in [-0.05, 0) is 25.2 Å². The van der Waals surface area contributed by atoms with Gasteiger partial charge in [-0.25, -0.2) is 4.79 Å². The standard InChI is InChI=1S/C12H22N2O3/c1-9(8-10(15)16)13-11(17)14-6-4-12(2,3)5-7-14/h9H,4-8H2,1-3H3,(H,13,17)(H,15,16). The van der Waals surface area contributed by atoms with E-state index in [2.05, 4.69) is 19.2 Å². The van der Waals surface area contributed by atoms with Gasteiger partial charge < -0.3 is 15.3 Å². The van der Waals surface area contributed by atoms with Crippen molar-refractivity contribution in [3.05, 3.63) is 0 Å². The van der Waals surface area contributed by atoms with E-state index in [9.17, 15) is 9.59 Å². The first-order valence-corrected chi connectivity index (χ1v) is 6.07. The number of aliphatic carboxylic acids is 1. The monoisotopic (exact) mass is 242 g/mol. The Bertz CT molecular complexity index is 292. The van der Waals surface area contributed by atoms with E-state index in [1.807, 2.05) is 0 Å². The van der Waals surface area contributed by atoms with E-state index in [-0.39, 0.29) is 18.5 Å². The third-order valence-electron chi connectivity index (χ3n) is 3.25. The van der Waals surface area contributed by atoms with Crippen molar-refractivity contribution in [3.8, 4) is 0 Å². The van der Waals surface area contributed by atoms with Crippen LogP contribution in [0.1, 0.15) is 40.0 Å². The van der Waals surface area contributed by atoms with E-state index in [0.29, 0.717) is 5.41 Å². The molecule has 98 valence electrons. The molecule has 0 aliphatic carbocycles. The number of carboxylic acids is 1. The molecule has 1 heterocycles. The fourth-order valence-electron chi connectivity index (χ4n) is 1.93. The average Bonchev–Trinajstić information content (AvgIpc) is 2.15. The van der Waals surface area contributed by atoms with Gasteiger partial charge in [-0.15, -0.1) is 0 Å². The predicted octanol–water partition coefficient (Wildman–Crippen LogP) is 1.68. The van der Waals surface area contributed by atoms with Crippen molar-refractivity contribution in [1.82, 2.24) is 10.2 Å². The molecule has 5 nitrogen and oxygen atoms in total. The summed E-state index contributed by atoms with van der Waals surface area (Å²) in [6.07, 6.45) is 1.95. The Kier molecular flexibility index (Phi) is 4.37. The van der Waals surface area contributed by atoms with Crippen molar-refractivity contribution >= 4 is 12.0 Å². The molecule has 2 N–H and O–H groups in total. The number of carbonyl (C=O) groups is 2. The number of hydrogen-bond acceptors (Lipinski definition) is 2. The minimum Gasteiger partial charge on any atom is -0.481 e. The molecular weight excluding hydrogens is 220 g/mol. The summed E-state index contributed by atoms with van der Waals surface area (Å²) in [5.74, 6) is -0.891. The van der Waals surface area contributed by atoms with Gasteiger partial charge in [0.05, 0.1) is 6.42 Å². The third kappa shape index (κ3) is 4.63. The number of nitrogens with one attached hydrogen (secondary N) is 1. The van der Waals surface area contributed by atoms with Crippen LogP contribution < -0.4 is 5.32 Å². The number of hydrogen-bond donors (Lipinski definition) is 2. The molecular formula is C12H22N2O3. The molecule has 1 fully saturated rings. The van der Waals surface area contributed by atoms with Crippen LogP contribution in [-0.4, -0.2) is 41.1 Å². The molecule has 1 saturated heterocycles. The maximum absolute atomic E-state index is 11.8. The summed E-state index contributed by atoms with van der Waals surface area (Å²) in [4.78, 5) is 24.1. The molecule has 5 heteroatoms. The second kappa shape index (κ2) is 5.38. The van der Waals surface area contributed by atoms with Crippen molar-refractivity contribution < 1.29 is 14.7 Å². The highest BCUT2D eigenvalue weighted by atomic mass is 16.4. The van der Waals surface area contributed by atoms with E-state index >= 15 is 0 Å². The predicted molar refractivity (Wildman–Crippen MR) is 64.8 cm³/mol. The van der Waals surface area contributed by atoms with Crippen LogP contribution in [0.4, 0.5) is 4.79 Å². The van der Waals surface area contributed by atoms with Gasteiger partial charge in [-0.3, -0.25) is 4.79 Å². The Labute approximate surface area is 102 Å². The largest absolute Gasteiger partial charge is 0.481 e. The fraction of sp³-hybridized carbons (Fsp3) is 0.833. The van der Waals surface area contributed by atoms with Gasteiger partial charge in [0, 0.05) is 19.1 Å². The molecule has 0 aromatic heterocycles. The summed E-state index contributed by atoms with van der Waals surface area (Å²) in [6, 6.07) is -0.468. The summed E-state index contributed by atoms with van der Waals surface area (Å²) < 4.78 is 0. The molecule has 0 spiro atoms. The molecule has 1 aliphatic rings. The molecule has 0 saturated carbocycles. The Morgan fingerprint density at radius 1 is 1.35 bits per heavy atom. The van der Waals surface area contributed by atoms with E-state index < -0.39 is 5.97 Å². The molecule has 1 unspecified atom stereocenters. The van der Waals surface area contributed by atoms with Crippen LogP contribution in [0, 0.1) is 5.41 Å². The van der Waals surface area contributed by atoms with Crippen molar-refractivity contribution in [3.63, 3.8) is 0 Å². The molecule has 1 aliphatic heterocycles. The average molecular weight is 242 g/mol. The lowest BCUT2D eigenvalue weighted by molar-refractivity contribution is -0.137. The number of carboxylic acid groups (broad SMARTS) is 1. The molecule has 0 bridgehead atoms. The smallest absolute Gasteiger partial charge is 0.317 e. The molecule has 0 aromatic rings. The lowest BCUT2D eigenvalue weighted by Crippen LogP contribution is -2.48. The second-order valence-corrected chi connectivity index (χ2v) is 5.60. The molecule has 17 heavy (non-hydrogen) atoms. The Morgan fingerprint density at radius 3 is 2.35 bits per heavy atom. The second-order valence-electron chi connectivity index (χ2n) is 5.60. The summed E-state index contributed by atoms with van der Waals surface area (Å²) in [5, 5.41) is 11.3. The van der Waals surface area contributed by atoms with Crippen LogP contribution in [-0.2, 0) is 4.79 Å². The van der Waals surface area contributed by atoms with Gasteiger partial charge in [0.25, 0.3) is 0 Å². The van der Waals surface area contributed by atoms with E-state index in [1.165, 1.54) is 0 Å². The first kappa shape index (κ1) is 13.8.